The fourth-order valence-corrected chi connectivity index (χ4v) is 2.24. The standard InChI is InChI=1S/C16H24N2O3/c1-13-5-3-4-6-15(13)21-14(2)16(19)17-7-8-18-9-11-20-12-10-18/h3-6,14H,7-12H2,1-2H3,(H,17,19). The van der Waals surface area contributed by atoms with Crippen LogP contribution in [0.15, 0.2) is 24.3 Å². The molecule has 0 saturated carbocycles. The van der Waals surface area contributed by atoms with Gasteiger partial charge in [0.25, 0.3) is 5.91 Å². The van der Waals surface area contributed by atoms with E-state index in [1.807, 2.05) is 31.2 Å². The number of para-hydroxylation sites is 1. The Kier molecular flexibility index (Phi) is 6.02. The van der Waals surface area contributed by atoms with Crippen LogP contribution in [0, 0.1) is 6.92 Å². The van der Waals surface area contributed by atoms with Crippen molar-refractivity contribution < 1.29 is 14.3 Å². The molecule has 1 unspecified atom stereocenters. The van der Waals surface area contributed by atoms with Gasteiger partial charge in [0, 0.05) is 26.2 Å². The lowest BCUT2D eigenvalue weighted by Gasteiger charge is -2.26. The summed E-state index contributed by atoms with van der Waals surface area (Å²) in [5.74, 6) is 0.680. The Morgan fingerprint density at radius 3 is 2.81 bits per heavy atom. The normalized spacial score (nSPS) is 17.2. The van der Waals surface area contributed by atoms with E-state index in [4.69, 9.17) is 9.47 Å². The number of rotatable bonds is 6. The number of nitrogens with zero attached hydrogens (tertiary/aromatic N) is 1. The van der Waals surface area contributed by atoms with E-state index in [0.717, 1.165) is 44.2 Å². The molecular weight excluding hydrogens is 268 g/mol. The van der Waals surface area contributed by atoms with Gasteiger partial charge in [-0.15, -0.1) is 0 Å². The van der Waals surface area contributed by atoms with Gasteiger partial charge in [-0.2, -0.15) is 0 Å². The molecule has 2 rings (SSSR count). The second kappa shape index (κ2) is 8.00. The van der Waals surface area contributed by atoms with E-state index in [2.05, 4.69) is 10.2 Å². The summed E-state index contributed by atoms with van der Waals surface area (Å²) in [5, 5.41) is 2.92. The molecule has 0 radical (unpaired) electrons. The molecule has 0 spiro atoms. The van der Waals surface area contributed by atoms with Crippen molar-refractivity contribution in [1.29, 1.82) is 0 Å². The fraction of sp³-hybridized carbons (Fsp3) is 0.562. The van der Waals surface area contributed by atoms with Gasteiger partial charge in [-0.3, -0.25) is 9.69 Å². The summed E-state index contributed by atoms with van der Waals surface area (Å²) in [7, 11) is 0. The number of nitrogens with one attached hydrogen (secondary N) is 1. The molecular formula is C16H24N2O3. The molecule has 5 nitrogen and oxygen atoms in total. The molecule has 1 atom stereocenters. The molecule has 116 valence electrons. The van der Waals surface area contributed by atoms with E-state index in [1.54, 1.807) is 6.92 Å². The molecule has 21 heavy (non-hydrogen) atoms. The summed E-state index contributed by atoms with van der Waals surface area (Å²) in [6, 6.07) is 7.71. The van der Waals surface area contributed by atoms with Crippen LogP contribution in [-0.2, 0) is 9.53 Å². The third kappa shape index (κ3) is 5.02. The quantitative estimate of drug-likeness (QED) is 0.856. The Morgan fingerprint density at radius 1 is 1.38 bits per heavy atom. The van der Waals surface area contributed by atoms with Crippen LogP contribution in [0.1, 0.15) is 12.5 Å². The Morgan fingerprint density at radius 2 is 2.10 bits per heavy atom. The van der Waals surface area contributed by atoms with Crippen molar-refractivity contribution in [3.63, 3.8) is 0 Å². The Balaban J connectivity index is 1.71. The molecule has 1 aliphatic rings. The summed E-state index contributed by atoms with van der Waals surface area (Å²) in [6.07, 6.45) is -0.490. The zero-order valence-corrected chi connectivity index (χ0v) is 12.8. The molecule has 1 heterocycles. The minimum Gasteiger partial charge on any atom is -0.481 e. The van der Waals surface area contributed by atoms with Gasteiger partial charge in [0.15, 0.2) is 6.10 Å². The van der Waals surface area contributed by atoms with E-state index < -0.39 is 6.10 Å². The zero-order valence-electron chi connectivity index (χ0n) is 12.8. The summed E-state index contributed by atoms with van der Waals surface area (Å²) < 4.78 is 11.0. The lowest BCUT2D eigenvalue weighted by atomic mass is 10.2. The van der Waals surface area contributed by atoms with E-state index in [9.17, 15) is 4.79 Å². The SMILES string of the molecule is Cc1ccccc1OC(C)C(=O)NCCN1CCOCC1. The second-order valence-electron chi connectivity index (χ2n) is 5.27. The molecule has 1 amide bonds. The first kappa shape index (κ1) is 15.8. The first-order valence-electron chi connectivity index (χ1n) is 7.47. The van der Waals surface area contributed by atoms with E-state index >= 15 is 0 Å². The lowest BCUT2D eigenvalue weighted by Crippen LogP contribution is -2.43. The molecule has 0 bridgehead atoms. The van der Waals surface area contributed by atoms with Crippen LogP contribution < -0.4 is 10.1 Å². The monoisotopic (exact) mass is 292 g/mol. The van der Waals surface area contributed by atoms with E-state index in [1.165, 1.54) is 0 Å². The predicted octanol–water partition coefficient (Wildman–Crippen LogP) is 1.21. The number of benzene rings is 1. The summed E-state index contributed by atoms with van der Waals surface area (Å²) in [6.45, 7) is 8.67. The highest BCUT2D eigenvalue weighted by Crippen LogP contribution is 2.17. The first-order valence-corrected chi connectivity index (χ1v) is 7.47. The topological polar surface area (TPSA) is 50.8 Å². The Labute approximate surface area is 126 Å². The van der Waals surface area contributed by atoms with Crippen LogP contribution in [0.3, 0.4) is 0 Å². The highest BCUT2D eigenvalue weighted by molar-refractivity contribution is 5.80. The number of ether oxygens (including phenoxy) is 2. The third-order valence-corrected chi connectivity index (χ3v) is 3.60. The van der Waals surface area contributed by atoms with Crippen molar-refractivity contribution in [2.24, 2.45) is 0 Å². The largest absolute Gasteiger partial charge is 0.481 e. The third-order valence-electron chi connectivity index (χ3n) is 3.60. The average molecular weight is 292 g/mol. The predicted molar refractivity (Wildman–Crippen MR) is 81.5 cm³/mol. The highest BCUT2D eigenvalue weighted by atomic mass is 16.5. The van der Waals surface area contributed by atoms with Crippen molar-refractivity contribution in [3.8, 4) is 5.75 Å². The number of carbonyl (C=O) groups excluding carboxylic acids is 1. The average Bonchev–Trinajstić information content (AvgIpc) is 2.50. The molecule has 1 aliphatic heterocycles. The maximum atomic E-state index is 12.0. The lowest BCUT2D eigenvalue weighted by molar-refractivity contribution is -0.127. The molecule has 1 saturated heterocycles. The second-order valence-corrected chi connectivity index (χ2v) is 5.27. The van der Waals surface area contributed by atoms with Crippen LogP contribution in [0.2, 0.25) is 0 Å². The van der Waals surface area contributed by atoms with Crippen molar-refractivity contribution in [2.45, 2.75) is 20.0 Å². The molecule has 1 aromatic carbocycles. The van der Waals surface area contributed by atoms with Gasteiger partial charge < -0.3 is 14.8 Å². The summed E-state index contributed by atoms with van der Waals surface area (Å²) in [5.41, 5.74) is 1.03. The van der Waals surface area contributed by atoms with E-state index in [-0.39, 0.29) is 5.91 Å². The Hall–Kier alpha value is -1.59. The minimum atomic E-state index is -0.490. The van der Waals surface area contributed by atoms with Crippen molar-refractivity contribution in [1.82, 2.24) is 10.2 Å². The van der Waals surface area contributed by atoms with Crippen molar-refractivity contribution >= 4 is 5.91 Å². The van der Waals surface area contributed by atoms with Gasteiger partial charge in [-0.1, -0.05) is 18.2 Å². The number of amides is 1. The van der Waals surface area contributed by atoms with Crippen LogP contribution in [0.25, 0.3) is 0 Å². The number of hydrogen-bond donors (Lipinski definition) is 1. The molecule has 1 N–H and O–H groups in total. The molecule has 5 heteroatoms. The smallest absolute Gasteiger partial charge is 0.260 e. The Bertz CT molecular complexity index is 459. The zero-order chi connectivity index (χ0) is 15.1. The van der Waals surface area contributed by atoms with Gasteiger partial charge in [0.05, 0.1) is 13.2 Å². The van der Waals surface area contributed by atoms with Crippen molar-refractivity contribution in [3.05, 3.63) is 29.8 Å². The fourth-order valence-electron chi connectivity index (χ4n) is 2.24. The van der Waals surface area contributed by atoms with Crippen LogP contribution in [0.4, 0.5) is 0 Å². The van der Waals surface area contributed by atoms with E-state index in [0.29, 0.717) is 6.54 Å². The maximum absolute atomic E-state index is 12.0. The van der Waals surface area contributed by atoms with Crippen LogP contribution >= 0.6 is 0 Å². The van der Waals surface area contributed by atoms with Gasteiger partial charge in [-0.05, 0) is 25.5 Å². The maximum Gasteiger partial charge on any atom is 0.260 e. The number of aryl methyl sites for hydroxylation is 1. The molecule has 1 fully saturated rings. The summed E-state index contributed by atoms with van der Waals surface area (Å²) >= 11 is 0. The number of carbonyl (C=O) groups is 1. The van der Waals surface area contributed by atoms with Crippen molar-refractivity contribution in [2.75, 3.05) is 39.4 Å². The molecule has 1 aromatic rings. The summed E-state index contributed by atoms with van der Waals surface area (Å²) in [4.78, 5) is 14.3. The van der Waals surface area contributed by atoms with Gasteiger partial charge in [0.1, 0.15) is 5.75 Å². The van der Waals surface area contributed by atoms with Crippen LogP contribution in [0.5, 0.6) is 5.75 Å². The minimum absolute atomic E-state index is 0.0773. The van der Waals surface area contributed by atoms with Crippen LogP contribution in [-0.4, -0.2) is 56.3 Å². The first-order chi connectivity index (χ1) is 10.2. The van der Waals surface area contributed by atoms with Gasteiger partial charge in [0.2, 0.25) is 0 Å². The highest BCUT2D eigenvalue weighted by Gasteiger charge is 2.16. The number of morpholine rings is 1. The van der Waals surface area contributed by atoms with Gasteiger partial charge in [-0.25, -0.2) is 0 Å². The molecule has 0 aromatic heterocycles. The molecule has 0 aliphatic carbocycles. The number of hydrogen-bond acceptors (Lipinski definition) is 4. The van der Waals surface area contributed by atoms with Gasteiger partial charge >= 0.3 is 0 Å².